The number of nitriles is 1. The summed E-state index contributed by atoms with van der Waals surface area (Å²) in [6.45, 7) is 10.9. The predicted molar refractivity (Wildman–Crippen MR) is 113 cm³/mol. The summed E-state index contributed by atoms with van der Waals surface area (Å²) in [6.07, 6.45) is 5.76. The molecule has 1 heterocycles. The van der Waals surface area contributed by atoms with Crippen LogP contribution in [0.2, 0.25) is 0 Å². The van der Waals surface area contributed by atoms with E-state index in [0.717, 1.165) is 42.8 Å². The van der Waals surface area contributed by atoms with Gasteiger partial charge in [0.1, 0.15) is 11.6 Å². The number of ether oxygens (including phenoxy) is 1. The highest BCUT2D eigenvalue weighted by atomic mass is 16.5. The second-order valence-corrected chi connectivity index (χ2v) is 8.17. The van der Waals surface area contributed by atoms with Crippen LogP contribution < -0.4 is 5.32 Å². The van der Waals surface area contributed by atoms with Crippen molar-refractivity contribution < 1.29 is 14.3 Å². The molecule has 0 bridgehead atoms. The van der Waals surface area contributed by atoms with Crippen molar-refractivity contribution in [3.8, 4) is 6.07 Å². The van der Waals surface area contributed by atoms with Gasteiger partial charge in [0.25, 0.3) is 5.91 Å². The monoisotopic (exact) mass is 399 g/mol. The van der Waals surface area contributed by atoms with Gasteiger partial charge in [0.05, 0.1) is 0 Å². The third kappa shape index (κ3) is 5.72. The van der Waals surface area contributed by atoms with Crippen molar-refractivity contribution in [1.82, 2.24) is 9.88 Å². The number of esters is 1. The van der Waals surface area contributed by atoms with E-state index in [4.69, 9.17) is 4.74 Å². The third-order valence-corrected chi connectivity index (χ3v) is 6.09. The van der Waals surface area contributed by atoms with E-state index >= 15 is 0 Å². The standard InChI is InChI=1S/C23H33N3O3/c1-6-10-26-16(3)11-19(18(26)5)12-20(13-24)23(28)29-14-22(27)25-21-9-7-8-15(2)17(21)4/h11-12,15,17,21H,6-10,14H2,1-5H3,(H,25,27). The molecule has 6 nitrogen and oxygen atoms in total. The Kier molecular flexibility index (Phi) is 8.07. The first-order valence-electron chi connectivity index (χ1n) is 10.5. The van der Waals surface area contributed by atoms with Gasteiger partial charge in [0.15, 0.2) is 6.61 Å². The molecule has 3 atom stereocenters. The molecule has 1 saturated carbocycles. The molecule has 1 aromatic heterocycles. The van der Waals surface area contributed by atoms with E-state index in [1.54, 1.807) is 6.08 Å². The quantitative estimate of drug-likeness (QED) is 0.428. The van der Waals surface area contributed by atoms with Gasteiger partial charge in [-0.05, 0) is 56.2 Å². The van der Waals surface area contributed by atoms with Crippen LogP contribution in [0.3, 0.4) is 0 Å². The largest absolute Gasteiger partial charge is 0.451 e. The Hall–Kier alpha value is -2.55. The molecule has 0 saturated heterocycles. The number of amides is 1. The fourth-order valence-corrected chi connectivity index (χ4v) is 4.08. The van der Waals surface area contributed by atoms with Crippen LogP contribution in [0.4, 0.5) is 0 Å². The van der Waals surface area contributed by atoms with E-state index in [1.165, 1.54) is 6.42 Å². The lowest BCUT2D eigenvalue weighted by Gasteiger charge is -2.34. The molecule has 1 aromatic rings. The normalized spacial score (nSPS) is 22.1. The van der Waals surface area contributed by atoms with Crippen LogP contribution in [-0.2, 0) is 20.9 Å². The smallest absolute Gasteiger partial charge is 0.349 e. The van der Waals surface area contributed by atoms with E-state index in [2.05, 4.69) is 30.7 Å². The molecule has 6 heteroatoms. The van der Waals surface area contributed by atoms with E-state index in [1.807, 2.05) is 26.0 Å². The van der Waals surface area contributed by atoms with Crippen LogP contribution in [0.15, 0.2) is 11.6 Å². The summed E-state index contributed by atoms with van der Waals surface area (Å²) >= 11 is 0. The third-order valence-electron chi connectivity index (χ3n) is 6.09. The molecule has 0 aromatic carbocycles. The van der Waals surface area contributed by atoms with Crippen LogP contribution in [0.1, 0.15) is 63.4 Å². The zero-order valence-corrected chi connectivity index (χ0v) is 18.2. The Morgan fingerprint density at radius 3 is 2.72 bits per heavy atom. The minimum atomic E-state index is -0.770. The minimum Gasteiger partial charge on any atom is -0.451 e. The molecule has 3 unspecified atom stereocenters. The number of aryl methyl sites for hydroxylation is 1. The zero-order valence-electron chi connectivity index (χ0n) is 18.2. The molecule has 1 aliphatic carbocycles. The number of rotatable bonds is 7. The number of carbonyl (C=O) groups excluding carboxylic acids is 2. The summed E-state index contributed by atoms with van der Waals surface area (Å²) < 4.78 is 7.27. The van der Waals surface area contributed by atoms with Crippen LogP contribution >= 0.6 is 0 Å². The van der Waals surface area contributed by atoms with Crippen molar-refractivity contribution in [3.05, 3.63) is 28.6 Å². The van der Waals surface area contributed by atoms with E-state index < -0.39 is 5.97 Å². The van der Waals surface area contributed by atoms with Crippen LogP contribution in [0, 0.1) is 37.0 Å². The van der Waals surface area contributed by atoms with Crippen molar-refractivity contribution in [3.63, 3.8) is 0 Å². The highest BCUT2D eigenvalue weighted by Gasteiger charge is 2.28. The van der Waals surface area contributed by atoms with Gasteiger partial charge >= 0.3 is 5.97 Å². The fraction of sp³-hybridized carbons (Fsp3) is 0.609. The highest BCUT2D eigenvalue weighted by Crippen LogP contribution is 2.29. The lowest BCUT2D eigenvalue weighted by Crippen LogP contribution is -2.45. The molecular weight excluding hydrogens is 366 g/mol. The molecule has 1 fully saturated rings. The van der Waals surface area contributed by atoms with Crippen molar-refractivity contribution in [2.24, 2.45) is 11.8 Å². The van der Waals surface area contributed by atoms with Gasteiger partial charge in [0, 0.05) is 24.0 Å². The summed E-state index contributed by atoms with van der Waals surface area (Å²) in [4.78, 5) is 24.5. The lowest BCUT2D eigenvalue weighted by atomic mass is 9.78. The molecule has 1 amide bonds. The van der Waals surface area contributed by atoms with Gasteiger partial charge < -0.3 is 14.6 Å². The minimum absolute atomic E-state index is 0.103. The number of carbonyl (C=O) groups is 2. The molecule has 1 N–H and O–H groups in total. The molecule has 0 radical (unpaired) electrons. The van der Waals surface area contributed by atoms with E-state index in [0.29, 0.717) is 11.8 Å². The SMILES string of the molecule is CCCn1c(C)cc(C=C(C#N)C(=O)OCC(=O)NC2CCCC(C)C2C)c1C. The summed E-state index contributed by atoms with van der Waals surface area (Å²) in [5.74, 6) is -0.122. The average molecular weight is 400 g/mol. The maximum atomic E-state index is 12.3. The van der Waals surface area contributed by atoms with Gasteiger partial charge in [-0.2, -0.15) is 5.26 Å². The Balaban J connectivity index is 1.98. The number of aromatic nitrogens is 1. The Labute approximate surface area is 173 Å². The first-order chi connectivity index (χ1) is 13.8. The molecular formula is C23H33N3O3. The first kappa shape index (κ1) is 22.7. The topological polar surface area (TPSA) is 84.1 Å². The first-order valence-corrected chi connectivity index (χ1v) is 10.5. The second-order valence-electron chi connectivity index (χ2n) is 8.17. The fourth-order valence-electron chi connectivity index (χ4n) is 4.08. The van der Waals surface area contributed by atoms with Gasteiger partial charge in [0.2, 0.25) is 0 Å². The summed E-state index contributed by atoms with van der Waals surface area (Å²) in [6, 6.07) is 3.97. The van der Waals surface area contributed by atoms with Crippen molar-refractivity contribution in [1.29, 1.82) is 5.26 Å². The van der Waals surface area contributed by atoms with Crippen molar-refractivity contribution >= 4 is 18.0 Å². The van der Waals surface area contributed by atoms with Crippen molar-refractivity contribution in [2.75, 3.05) is 6.61 Å². The van der Waals surface area contributed by atoms with Crippen molar-refractivity contribution in [2.45, 2.75) is 72.9 Å². The number of hydrogen-bond donors (Lipinski definition) is 1. The Bertz CT molecular complexity index is 816. The van der Waals surface area contributed by atoms with Gasteiger partial charge in [-0.1, -0.05) is 33.6 Å². The molecule has 158 valence electrons. The van der Waals surface area contributed by atoms with Gasteiger partial charge in [-0.3, -0.25) is 4.79 Å². The van der Waals surface area contributed by atoms with E-state index in [9.17, 15) is 14.9 Å². The van der Waals surface area contributed by atoms with Crippen LogP contribution in [0.5, 0.6) is 0 Å². The van der Waals surface area contributed by atoms with E-state index in [-0.39, 0.29) is 24.1 Å². The number of hydrogen-bond acceptors (Lipinski definition) is 4. The number of nitrogens with zero attached hydrogens (tertiary/aromatic N) is 2. The van der Waals surface area contributed by atoms with Crippen LogP contribution in [0.25, 0.3) is 6.08 Å². The Morgan fingerprint density at radius 1 is 1.34 bits per heavy atom. The van der Waals surface area contributed by atoms with Crippen LogP contribution in [-0.4, -0.2) is 29.1 Å². The highest BCUT2D eigenvalue weighted by molar-refractivity contribution is 5.99. The lowest BCUT2D eigenvalue weighted by molar-refractivity contribution is -0.144. The second kappa shape index (κ2) is 10.3. The predicted octanol–water partition coefficient (Wildman–Crippen LogP) is 3.91. The molecule has 29 heavy (non-hydrogen) atoms. The Morgan fingerprint density at radius 2 is 2.07 bits per heavy atom. The summed E-state index contributed by atoms with van der Waals surface area (Å²) in [5.41, 5.74) is 2.80. The molecule has 0 spiro atoms. The zero-order chi connectivity index (χ0) is 21.6. The molecule has 1 aliphatic rings. The molecule has 0 aliphatic heterocycles. The summed E-state index contributed by atoms with van der Waals surface area (Å²) in [7, 11) is 0. The van der Waals surface area contributed by atoms with Gasteiger partial charge in [-0.15, -0.1) is 0 Å². The maximum absolute atomic E-state index is 12.3. The number of nitrogens with one attached hydrogen (secondary N) is 1. The maximum Gasteiger partial charge on any atom is 0.349 e. The summed E-state index contributed by atoms with van der Waals surface area (Å²) in [5, 5.41) is 12.4. The molecule has 2 rings (SSSR count). The average Bonchev–Trinajstić information content (AvgIpc) is 2.95. The van der Waals surface area contributed by atoms with Gasteiger partial charge in [-0.25, -0.2) is 4.79 Å².